The molecular formula is C12H22N4. The van der Waals surface area contributed by atoms with Crippen LogP contribution in [0.1, 0.15) is 24.6 Å². The van der Waals surface area contributed by atoms with Crippen LogP contribution < -0.4 is 5.73 Å². The summed E-state index contributed by atoms with van der Waals surface area (Å²) in [5, 5.41) is 4.28. The molecule has 0 saturated carbocycles. The molecular weight excluding hydrogens is 200 g/mol. The third-order valence-corrected chi connectivity index (χ3v) is 3.86. The van der Waals surface area contributed by atoms with Gasteiger partial charge in [0.25, 0.3) is 0 Å². The van der Waals surface area contributed by atoms with Crippen molar-refractivity contribution in [1.82, 2.24) is 14.7 Å². The van der Waals surface area contributed by atoms with Gasteiger partial charge < -0.3 is 5.73 Å². The second kappa shape index (κ2) is 4.18. The number of nitrogens with zero attached hydrogens (tertiary/aromatic N) is 3. The Morgan fingerprint density at radius 3 is 2.81 bits per heavy atom. The molecule has 16 heavy (non-hydrogen) atoms. The summed E-state index contributed by atoms with van der Waals surface area (Å²) in [4.78, 5) is 2.48. The standard InChI is InChI=1S/C12H22N4/c1-10-11(6-14-15(10)3)7-16-5-4-12(2,8-13)9-16/h6H,4-5,7-9,13H2,1-3H3. The number of rotatable bonds is 3. The highest BCUT2D eigenvalue weighted by molar-refractivity contribution is 5.16. The highest BCUT2D eigenvalue weighted by Crippen LogP contribution is 2.29. The quantitative estimate of drug-likeness (QED) is 0.826. The van der Waals surface area contributed by atoms with E-state index in [0.29, 0.717) is 5.41 Å². The van der Waals surface area contributed by atoms with Crippen LogP contribution in [0.25, 0.3) is 0 Å². The van der Waals surface area contributed by atoms with Crippen LogP contribution in [0.2, 0.25) is 0 Å². The third kappa shape index (κ3) is 2.13. The van der Waals surface area contributed by atoms with E-state index in [0.717, 1.165) is 26.2 Å². The second-order valence-corrected chi connectivity index (χ2v) is 5.35. The molecule has 1 aliphatic rings. The van der Waals surface area contributed by atoms with Crippen molar-refractivity contribution in [3.8, 4) is 0 Å². The van der Waals surface area contributed by atoms with E-state index in [1.165, 1.54) is 17.7 Å². The molecule has 2 rings (SSSR count). The molecule has 1 unspecified atom stereocenters. The molecule has 0 amide bonds. The van der Waals surface area contributed by atoms with Gasteiger partial charge in [0.05, 0.1) is 6.20 Å². The molecule has 0 bridgehead atoms. The summed E-state index contributed by atoms with van der Waals surface area (Å²) in [6.07, 6.45) is 3.19. The second-order valence-electron chi connectivity index (χ2n) is 5.35. The van der Waals surface area contributed by atoms with Gasteiger partial charge in [-0.2, -0.15) is 5.10 Å². The predicted molar refractivity (Wildman–Crippen MR) is 65.0 cm³/mol. The first-order valence-corrected chi connectivity index (χ1v) is 5.94. The van der Waals surface area contributed by atoms with Gasteiger partial charge in [0.15, 0.2) is 0 Å². The van der Waals surface area contributed by atoms with Crippen molar-refractivity contribution in [2.75, 3.05) is 19.6 Å². The Balaban J connectivity index is 2.00. The Kier molecular flexibility index (Phi) is 3.04. The molecule has 1 aromatic rings. The molecule has 1 aromatic heterocycles. The van der Waals surface area contributed by atoms with Gasteiger partial charge in [-0.25, -0.2) is 0 Å². The summed E-state index contributed by atoms with van der Waals surface area (Å²) in [6, 6.07) is 0. The lowest BCUT2D eigenvalue weighted by molar-refractivity contribution is 0.274. The van der Waals surface area contributed by atoms with E-state index in [1.54, 1.807) is 0 Å². The topological polar surface area (TPSA) is 47.1 Å². The first-order chi connectivity index (χ1) is 7.54. The van der Waals surface area contributed by atoms with E-state index in [-0.39, 0.29) is 0 Å². The highest BCUT2D eigenvalue weighted by atomic mass is 15.3. The van der Waals surface area contributed by atoms with Crippen molar-refractivity contribution in [2.45, 2.75) is 26.8 Å². The fourth-order valence-electron chi connectivity index (χ4n) is 2.37. The normalized spacial score (nSPS) is 26.5. The summed E-state index contributed by atoms with van der Waals surface area (Å²) < 4.78 is 1.94. The first-order valence-electron chi connectivity index (χ1n) is 5.94. The maximum atomic E-state index is 5.81. The maximum absolute atomic E-state index is 5.81. The van der Waals surface area contributed by atoms with Crippen LogP contribution in [0, 0.1) is 12.3 Å². The maximum Gasteiger partial charge on any atom is 0.0537 e. The fourth-order valence-corrected chi connectivity index (χ4v) is 2.37. The summed E-state index contributed by atoms with van der Waals surface area (Å²) in [5.74, 6) is 0. The summed E-state index contributed by atoms with van der Waals surface area (Å²) in [7, 11) is 1.99. The molecule has 2 N–H and O–H groups in total. The van der Waals surface area contributed by atoms with Crippen molar-refractivity contribution < 1.29 is 0 Å². The first kappa shape index (κ1) is 11.6. The zero-order valence-electron chi connectivity index (χ0n) is 10.5. The molecule has 1 atom stereocenters. The molecule has 4 heteroatoms. The number of likely N-dealkylation sites (tertiary alicyclic amines) is 1. The molecule has 90 valence electrons. The number of aromatic nitrogens is 2. The van der Waals surface area contributed by atoms with Crippen molar-refractivity contribution in [2.24, 2.45) is 18.2 Å². The number of nitrogens with two attached hydrogens (primary N) is 1. The molecule has 0 spiro atoms. The van der Waals surface area contributed by atoms with E-state index < -0.39 is 0 Å². The SMILES string of the molecule is Cc1c(CN2CCC(C)(CN)C2)cnn1C. The molecule has 4 nitrogen and oxygen atoms in total. The average molecular weight is 222 g/mol. The van der Waals surface area contributed by atoms with Gasteiger partial charge >= 0.3 is 0 Å². The number of hydrogen-bond acceptors (Lipinski definition) is 3. The van der Waals surface area contributed by atoms with Gasteiger partial charge in [0, 0.05) is 31.4 Å². The van der Waals surface area contributed by atoms with Crippen LogP contribution >= 0.6 is 0 Å². The van der Waals surface area contributed by atoms with Crippen LogP contribution in [0.15, 0.2) is 6.20 Å². The molecule has 0 radical (unpaired) electrons. The predicted octanol–water partition coefficient (Wildman–Crippen LogP) is 0.899. The summed E-state index contributed by atoms with van der Waals surface area (Å²) in [5.41, 5.74) is 8.73. The largest absolute Gasteiger partial charge is 0.330 e. The van der Waals surface area contributed by atoms with Crippen molar-refractivity contribution >= 4 is 0 Å². The molecule has 0 aliphatic carbocycles. The van der Waals surface area contributed by atoms with Gasteiger partial charge in [0.2, 0.25) is 0 Å². The van der Waals surface area contributed by atoms with E-state index in [9.17, 15) is 0 Å². The lowest BCUT2D eigenvalue weighted by atomic mass is 9.90. The van der Waals surface area contributed by atoms with Crippen LogP contribution in [-0.2, 0) is 13.6 Å². The van der Waals surface area contributed by atoms with Crippen molar-refractivity contribution in [3.05, 3.63) is 17.5 Å². The van der Waals surface area contributed by atoms with Gasteiger partial charge in [0.1, 0.15) is 0 Å². The lowest BCUT2D eigenvalue weighted by Crippen LogP contribution is -2.31. The Hall–Kier alpha value is -0.870. The van der Waals surface area contributed by atoms with Crippen LogP contribution in [0.4, 0.5) is 0 Å². The van der Waals surface area contributed by atoms with E-state index in [4.69, 9.17) is 5.73 Å². The third-order valence-electron chi connectivity index (χ3n) is 3.86. The smallest absolute Gasteiger partial charge is 0.0537 e. The number of aryl methyl sites for hydroxylation is 1. The monoisotopic (exact) mass is 222 g/mol. The van der Waals surface area contributed by atoms with E-state index in [2.05, 4.69) is 23.8 Å². The highest BCUT2D eigenvalue weighted by Gasteiger charge is 2.32. The average Bonchev–Trinajstić information content (AvgIpc) is 2.78. The Morgan fingerprint density at radius 1 is 1.56 bits per heavy atom. The van der Waals surface area contributed by atoms with Gasteiger partial charge in [-0.15, -0.1) is 0 Å². The van der Waals surface area contributed by atoms with Gasteiger partial charge in [-0.3, -0.25) is 9.58 Å². The van der Waals surface area contributed by atoms with Crippen molar-refractivity contribution in [3.63, 3.8) is 0 Å². The zero-order valence-corrected chi connectivity index (χ0v) is 10.5. The molecule has 0 aromatic carbocycles. The molecule has 1 fully saturated rings. The van der Waals surface area contributed by atoms with Crippen LogP contribution in [0.5, 0.6) is 0 Å². The van der Waals surface area contributed by atoms with Crippen molar-refractivity contribution in [1.29, 1.82) is 0 Å². The Bertz CT molecular complexity index is 371. The molecule has 2 heterocycles. The Labute approximate surface area is 97.4 Å². The molecule has 1 saturated heterocycles. The zero-order chi connectivity index (χ0) is 11.8. The number of hydrogen-bond donors (Lipinski definition) is 1. The van der Waals surface area contributed by atoms with E-state index in [1.807, 2.05) is 17.9 Å². The lowest BCUT2D eigenvalue weighted by Gasteiger charge is -2.22. The Morgan fingerprint density at radius 2 is 2.31 bits per heavy atom. The van der Waals surface area contributed by atoms with Gasteiger partial charge in [-0.1, -0.05) is 6.92 Å². The summed E-state index contributed by atoms with van der Waals surface area (Å²) in [6.45, 7) is 8.47. The van der Waals surface area contributed by atoms with Gasteiger partial charge in [-0.05, 0) is 31.8 Å². The fraction of sp³-hybridized carbons (Fsp3) is 0.750. The summed E-state index contributed by atoms with van der Waals surface area (Å²) >= 11 is 0. The van der Waals surface area contributed by atoms with E-state index >= 15 is 0 Å². The minimum atomic E-state index is 0.316. The molecule has 1 aliphatic heterocycles. The van der Waals surface area contributed by atoms with Crippen LogP contribution in [-0.4, -0.2) is 34.3 Å². The minimum Gasteiger partial charge on any atom is -0.330 e. The minimum absolute atomic E-state index is 0.316. The van der Waals surface area contributed by atoms with Crippen LogP contribution in [0.3, 0.4) is 0 Å².